The van der Waals surface area contributed by atoms with Crippen LogP contribution in [0.4, 0.5) is 5.69 Å². The number of methoxy groups -OCH3 is 1. The number of rotatable bonds is 5. The first-order valence-electron chi connectivity index (χ1n) is 6.24. The standard InChI is InChI=1S/C16H15ClN2O/c1-20-11-13-5-2-4-12(8-13)10-19-16-7-3-6-15(17)14(16)9-18/h2-8,19H,10-11H2,1H3. The van der Waals surface area contributed by atoms with Crippen LogP contribution in [0.1, 0.15) is 16.7 Å². The SMILES string of the molecule is COCc1cccc(CNc2cccc(Cl)c2C#N)c1. The third-order valence-electron chi connectivity index (χ3n) is 2.91. The maximum Gasteiger partial charge on any atom is 0.103 e. The molecule has 2 aromatic rings. The first kappa shape index (κ1) is 14.4. The lowest BCUT2D eigenvalue weighted by atomic mass is 10.1. The highest BCUT2D eigenvalue weighted by Gasteiger charge is 2.05. The predicted molar refractivity (Wildman–Crippen MR) is 80.6 cm³/mol. The molecule has 0 heterocycles. The predicted octanol–water partition coefficient (Wildman–Crippen LogP) is 3.97. The fraction of sp³-hybridized carbons (Fsp3) is 0.188. The normalized spacial score (nSPS) is 10.1. The van der Waals surface area contributed by atoms with Crippen molar-refractivity contribution in [2.24, 2.45) is 0 Å². The molecule has 0 saturated carbocycles. The van der Waals surface area contributed by atoms with Gasteiger partial charge in [-0.1, -0.05) is 41.9 Å². The van der Waals surface area contributed by atoms with Crippen LogP contribution in [-0.2, 0) is 17.9 Å². The van der Waals surface area contributed by atoms with Crippen molar-refractivity contribution in [3.05, 3.63) is 64.2 Å². The van der Waals surface area contributed by atoms with E-state index in [1.165, 1.54) is 0 Å². The second-order valence-corrected chi connectivity index (χ2v) is 4.79. The molecule has 0 atom stereocenters. The van der Waals surface area contributed by atoms with Crippen LogP contribution in [-0.4, -0.2) is 7.11 Å². The summed E-state index contributed by atoms with van der Waals surface area (Å²) in [6, 6.07) is 15.6. The number of nitrogens with zero attached hydrogens (tertiary/aromatic N) is 1. The van der Waals surface area contributed by atoms with E-state index in [2.05, 4.69) is 17.5 Å². The first-order chi connectivity index (χ1) is 9.74. The van der Waals surface area contributed by atoms with Crippen LogP contribution in [0.25, 0.3) is 0 Å². The van der Waals surface area contributed by atoms with E-state index in [1.54, 1.807) is 13.2 Å². The van der Waals surface area contributed by atoms with Crippen molar-refractivity contribution in [2.45, 2.75) is 13.2 Å². The van der Waals surface area contributed by atoms with Gasteiger partial charge in [0.05, 0.1) is 22.9 Å². The van der Waals surface area contributed by atoms with Gasteiger partial charge in [-0.3, -0.25) is 0 Å². The molecule has 0 aliphatic rings. The van der Waals surface area contributed by atoms with Crippen molar-refractivity contribution in [1.29, 1.82) is 5.26 Å². The zero-order valence-electron chi connectivity index (χ0n) is 11.2. The fourth-order valence-electron chi connectivity index (χ4n) is 1.98. The summed E-state index contributed by atoms with van der Waals surface area (Å²) < 4.78 is 5.12. The molecule has 0 saturated heterocycles. The van der Waals surface area contributed by atoms with Crippen molar-refractivity contribution in [3.63, 3.8) is 0 Å². The quantitative estimate of drug-likeness (QED) is 0.904. The molecule has 0 unspecified atom stereocenters. The average Bonchev–Trinajstić information content (AvgIpc) is 2.46. The van der Waals surface area contributed by atoms with E-state index in [-0.39, 0.29) is 0 Å². The van der Waals surface area contributed by atoms with Crippen LogP contribution in [0.15, 0.2) is 42.5 Å². The monoisotopic (exact) mass is 286 g/mol. The highest BCUT2D eigenvalue weighted by Crippen LogP contribution is 2.23. The van der Waals surface area contributed by atoms with Crippen LogP contribution in [0, 0.1) is 11.3 Å². The Morgan fingerprint density at radius 1 is 1.20 bits per heavy atom. The molecule has 20 heavy (non-hydrogen) atoms. The highest BCUT2D eigenvalue weighted by atomic mass is 35.5. The number of hydrogen-bond acceptors (Lipinski definition) is 3. The molecule has 0 aromatic heterocycles. The lowest BCUT2D eigenvalue weighted by Crippen LogP contribution is -2.02. The molecular formula is C16H15ClN2O. The lowest BCUT2D eigenvalue weighted by Gasteiger charge is -2.10. The summed E-state index contributed by atoms with van der Waals surface area (Å²) in [5.41, 5.74) is 3.47. The van der Waals surface area contributed by atoms with E-state index in [0.29, 0.717) is 23.7 Å². The molecule has 102 valence electrons. The molecule has 0 radical (unpaired) electrons. The van der Waals surface area contributed by atoms with E-state index in [4.69, 9.17) is 21.6 Å². The smallest absolute Gasteiger partial charge is 0.103 e. The second-order valence-electron chi connectivity index (χ2n) is 4.38. The minimum absolute atomic E-state index is 0.464. The van der Waals surface area contributed by atoms with Gasteiger partial charge in [-0.15, -0.1) is 0 Å². The Balaban J connectivity index is 2.11. The van der Waals surface area contributed by atoms with Crippen LogP contribution in [0.2, 0.25) is 5.02 Å². The molecule has 0 aliphatic carbocycles. The van der Waals surface area contributed by atoms with Gasteiger partial charge < -0.3 is 10.1 Å². The fourth-order valence-corrected chi connectivity index (χ4v) is 2.20. The summed E-state index contributed by atoms with van der Waals surface area (Å²) in [6.07, 6.45) is 0. The van der Waals surface area contributed by atoms with Gasteiger partial charge in [0.2, 0.25) is 0 Å². The Bertz CT molecular complexity index is 635. The molecule has 1 N–H and O–H groups in total. The summed E-state index contributed by atoms with van der Waals surface area (Å²) >= 11 is 6.00. The van der Waals surface area contributed by atoms with E-state index >= 15 is 0 Å². The van der Waals surface area contributed by atoms with Gasteiger partial charge in [0.25, 0.3) is 0 Å². The molecule has 0 spiro atoms. The van der Waals surface area contributed by atoms with Crippen LogP contribution >= 0.6 is 11.6 Å². The summed E-state index contributed by atoms with van der Waals surface area (Å²) in [7, 11) is 1.68. The Hall–Kier alpha value is -2.02. The number of ether oxygens (including phenoxy) is 1. The molecule has 2 rings (SSSR count). The molecular weight excluding hydrogens is 272 g/mol. The zero-order chi connectivity index (χ0) is 14.4. The van der Waals surface area contributed by atoms with Crippen molar-refractivity contribution in [3.8, 4) is 6.07 Å². The second kappa shape index (κ2) is 6.95. The Morgan fingerprint density at radius 3 is 2.70 bits per heavy atom. The van der Waals surface area contributed by atoms with Gasteiger partial charge in [0, 0.05) is 13.7 Å². The van der Waals surface area contributed by atoms with E-state index in [9.17, 15) is 0 Å². The van der Waals surface area contributed by atoms with Gasteiger partial charge in [-0.05, 0) is 23.3 Å². The van der Waals surface area contributed by atoms with Crippen molar-refractivity contribution in [2.75, 3.05) is 12.4 Å². The Labute approximate surface area is 123 Å². The van der Waals surface area contributed by atoms with Crippen molar-refractivity contribution < 1.29 is 4.74 Å². The van der Waals surface area contributed by atoms with Gasteiger partial charge >= 0.3 is 0 Å². The Morgan fingerprint density at radius 2 is 1.95 bits per heavy atom. The van der Waals surface area contributed by atoms with E-state index in [1.807, 2.05) is 30.3 Å². The molecule has 0 aliphatic heterocycles. The maximum atomic E-state index is 9.12. The molecule has 2 aromatic carbocycles. The van der Waals surface area contributed by atoms with E-state index in [0.717, 1.165) is 16.8 Å². The molecule has 3 nitrogen and oxygen atoms in total. The first-order valence-corrected chi connectivity index (χ1v) is 6.61. The minimum Gasteiger partial charge on any atom is -0.380 e. The number of nitrogens with one attached hydrogen (secondary N) is 1. The third-order valence-corrected chi connectivity index (χ3v) is 3.23. The molecule has 0 bridgehead atoms. The topological polar surface area (TPSA) is 45.0 Å². The van der Waals surface area contributed by atoms with Crippen LogP contribution in [0.5, 0.6) is 0 Å². The van der Waals surface area contributed by atoms with Crippen LogP contribution < -0.4 is 5.32 Å². The van der Waals surface area contributed by atoms with Gasteiger partial charge in [-0.25, -0.2) is 0 Å². The average molecular weight is 287 g/mol. The summed E-state index contributed by atoms with van der Waals surface area (Å²) in [6.45, 7) is 1.22. The number of benzene rings is 2. The molecule has 4 heteroatoms. The molecule has 0 amide bonds. The van der Waals surface area contributed by atoms with Crippen LogP contribution in [0.3, 0.4) is 0 Å². The lowest BCUT2D eigenvalue weighted by molar-refractivity contribution is 0.185. The highest BCUT2D eigenvalue weighted by molar-refractivity contribution is 6.32. The third kappa shape index (κ3) is 3.51. The number of anilines is 1. The largest absolute Gasteiger partial charge is 0.380 e. The molecule has 0 fully saturated rings. The number of halogens is 1. The van der Waals surface area contributed by atoms with Gasteiger partial charge in [-0.2, -0.15) is 5.26 Å². The minimum atomic E-state index is 0.464. The Kier molecular flexibility index (Phi) is 5.00. The van der Waals surface area contributed by atoms with E-state index < -0.39 is 0 Å². The van der Waals surface area contributed by atoms with Gasteiger partial charge in [0.15, 0.2) is 0 Å². The number of nitriles is 1. The summed E-state index contributed by atoms with van der Waals surface area (Å²) in [4.78, 5) is 0. The van der Waals surface area contributed by atoms with Gasteiger partial charge in [0.1, 0.15) is 6.07 Å². The summed E-state index contributed by atoms with van der Waals surface area (Å²) in [5.74, 6) is 0. The maximum absolute atomic E-state index is 9.12. The zero-order valence-corrected chi connectivity index (χ0v) is 11.9. The summed E-state index contributed by atoms with van der Waals surface area (Å²) in [5, 5.41) is 12.8. The number of hydrogen-bond donors (Lipinski definition) is 1. The van der Waals surface area contributed by atoms with Crippen molar-refractivity contribution in [1.82, 2.24) is 0 Å². The van der Waals surface area contributed by atoms with Crippen molar-refractivity contribution >= 4 is 17.3 Å².